The number of aromatic hydroxyl groups is 3. The first-order valence-electron chi connectivity index (χ1n) is 2.83. The third-order valence-electron chi connectivity index (χ3n) is 1.21. The van der Waals surface area contributed by atoms with Gasteiger partial charge in [0.1, 0.15) is 0 Å². The monoisotopic (exact) mass is 140 g/mol. The molecule has 1 rings (SSSR count). The molecule has 3 N–H and O–H groups in total. The molecule has 0 aliphatic heterocycles. The summed E-state index contributed by atoms with van der Waals surface area (Å²) in [5, 5.41) is 26.6. The number of hydrogen-bond acceptors (Lipinski definition) is 3. The van der Waals surface area contributed by atoms with E-state index in [0.29, 0.717) is 5.56 Å². The zero-order valence-electron chi connectivity index (χ0n) is 5.50. The summed E-state index contributed by atoms with van der Waals surface area (Å²) >= 11 is 0. The molecule has 0 radical (unpaired) electrons. The second kappa shape index (κ2) is 2.10. The van der Waals surface area contributed by atoms with Crippen LogP contribution >= 0.6 is 0 Å². The number of phenols is 3. The summed E-state index contributed by atoms with van der Waals surface area (Å²) in [6, 6.07) is 2.74. The molecule has 0 fully saturated rings. The van der Waals surface area contributed by atoms with E-state index in [1.54, 1.807) is 6.92 Å². The van der Waals surface area contributed by atoms with Gasteiger partial charge in [-0.15, -0.1) is 0 Å². The standard InChI is InChI=1S/C7H8O3/c1-4-2-5(8)7(10)6(9)3-4/h2-3,8-10H,1H3. The van der Waals surface area contributed by atoms with Crippen LogP contribution in [-0.2, 0) is 0 Å². The molecule has 1 aromatic carbocycles. The molecule has 0 aliphatic carbocycles. The lowest BCUT2D eigenvalue weighted by Gasteiger charge is -2.00. The number of aryl methyl sites for hydroxylation is 1. The highest BCUT2D eigenvalue weighted by molar-refractivity contribution is 5.50. The zero-order chi connectivity index (χ0) is 7.72. The molecular weight excluding hydrogens is 132 g/mol. The van der Waals surface area contributed by atoms with Crippen LogP contribution < -0.4 is 0 Å². The molecule has 3 heteroatoms. The van der Waals surface area contributed by atoms with Gasteiger partial charge in [0.2, 0.25) is 0 Å². The Kier molecular flexibility index (Phi) is 1.41. The molecule has 0 saturated carbocycles. The Morgan fingerprint density at radius 3 is 1.80 bits per heavy atom. The third-order valence-corrected chi connectivity index (χ3v) is 1.21. The lowest BCUT2D eigenvalue weighted by molar-refractivity contribution is 0.367. The first kappa shape index (κ1) is 6.74. The normalized spacial score (nSPS) is 9.70. The molecule has 0 atom stereocenters. The number of benzene rings is 1. The van der Waals surface area contributed by atoms with Gasteiger partial charge in [0.05, 0.1) is 0 Å². The van der Waals surface area contributed by atoms with E-state index >= 15 is 0 Å². The quantitative estimate of drug-likeness (QED) is 0.473. The van der Waals surface area contributed by atoms with Gasteiger partial charge in [0.25, 0.3) is 0 Å². The van der Waals surface area contributed by atoms with Crippen molar-refractivity contribution >= 4 is 0 Å². The van der Waals surface area contributed by atoms with Crippen molar-refractivity contribution < 1.29 is 15.3 Å². The van der Waals surface area contributed by atoms with E-state index in [1.807, 2.05) is 0 Å². The van der Waals surface area contributed by atoms with Crippen LogP contribution in [-0.4, -0.2) is 15.3 Å². The van der Waals surface area contributed by atoms with Crippen LogP contribution in [0.1, 0.15) is 5.56 Å². The van der Waals surface area contributed by atoms with Crippen molar-refractivity contribution in [1.82, 2.24) is 0 Å². The number of hydrogen-bond donors (Lipinski definition) is 3. The van der Waals surface area contributed by atoms with Crippen LogP contribution in [0.4, 0.5) is 0 Å². The van der Waals surface area contributed by atoms with Gasteiger partial charge in [0.15, 0.2) is 17.2 Å². The molecule has 10 heavy (non-hydrogen) atoms. The topological polar surface area (TPSA) is 60.7 Å². The van der Waals surface area contributed by atoms with E-state index in [4.69, 9.17) is 15.3 Å². The van der Waals surface area contributed by atoms with Crippen LogP contribution in [0.3, 0.4) is 0 Å². The smallest absolute Gasteiger partial charge is 0.200 e. The molecular formula is C7H8O3. The molecule has 3 nitrogen and oxygen atoms in total. The Bertz CT molecular complexity index is 232. The molecule has 0 saturated heterocycles. The van der Waals surface area contributed by atoms with E-state index < -0.39 is 5.75 Å². The highest BCUT2D eigenvalue weighted by Gasteiger charge is 2.04. The summed E-state index contributed by atoms with van der Waals surface area (Å²) in [4.78, 5) is 0. The molecule has 0 heterocycles. The predicted molar refractivity (Wildman–Crippen MR) is 36.2 cm³/mol. The highest BCUT2D eigenvalue weighted by Crippen LogP contribution is 2.34. The van der Waals surface area contributed by atoms with Crippen molar-refractivity contribution in [1.29, 1.82) is 0 Å². The van der Waals surface area contributed by atoms with Gasteiger partial charge in [-0.1, -0.05) is 0 Å². The molecule has 0 bridgehead atoms. The minimum Gasteiger partial charge on any atom is -0.504 e. The average Bonchev–Trinajstić information content (AvgIpc) is 1.82. The molecule has 0 unspecified atom stereocenters. The van der Waals surface area contributed by atoms with E-state index in [2.05, 4.69) is 0 Å². The van der Waals surface area contributed by atoms with Gasteiger partial charge < -0.3 is 15.3 Å². The molecule has 54 valence electrons. The molecule has 0 spiro atoms. The maximum absolute atomic E-state index is 8.87. The van der Waals surface area contributed by atoms with Crippen molar-refractivity contribution in [2.24, 2.45) is 0 Å². The Hall–Kier alpha value is -1.38. The van der Waals surface area contributed by atoms with E-state index in [1.165, 1.54) is 12.1 Å². The summed E-state index contributed by atoms with van der Waals surface area (Å²) in [6.07, 6.45) is 0. The summed E-state index contributed by atoms with van der Waals surface area (Å²) in [6.45, 7) is 1.71. The third kappa shape index (κ3) is 0.978. The van der Waals surface area contributed by atoms with Gasteiger partial charge in [-0.2, -0.15) is 0 Å². The van der Waals surface area contributed by atoms with Crippen LogP contribution in [0.15, 0.2) is 12.1 Å². The van der Waals surface area contributed by atoms with E-state index in [9.17, 15) is 0 Å². The number of rotatable bonds is 0. The van der Waals surface area contributed by atoms with Crippen molar-refractivity contribution in [2.45, 2.75) is 6.92 Å². The summed E-state index contributed by atoms with van der Waals surface area (Å²) < 4.78 is 0. The van der Waals surface area contributed by atoms with Crippen LogP contribution in [0, 0.1) is 6.92 Å². The van der Waals surface area contributed by atoms with Crippen molar-refractivity contribution in [3.63, 3.8) is 0 Å². The van der Waals surface area contributed by atoms with Crippen LogP contribution in [0.2, 0.25) is 0 Å². The lowest BCUT2D eigenvalue weighted by atomic mass is 10.2. The SMILES string of the molecule is Cc1cc(O)c(O)c(O)c1. The van der Waals surface area contributed by atoms with E-state index in [-0.39, 0.29) is 11.5 Å². The van der Waals surface area contributed by atoms with Crippen LogP contribution in [0.25, 0.3) is 0 Å². The first-order chi connectivity index (χ1) is 4.61. The zero-order valence-corrected chi connectivity index (χ0v) is 5.50. The molecule has 0 amide bonds. The van der Waals surface area contributed by atoms with Gasteiger partial charge in [-0.05, 0) is 24.6 Å². The fraction of sp³-hybridized carbons (Fsp3) is 0.143. The summed E-state index contributed by atoms with van der Waals surface area (Å²) in [5.74, 6) is -1.05. The summed E-state index contributed by atoms with van der Waals surface area (Å²) in [5.41, 5.74) is 0.702. The Labute approximate surface area is 58.2 Å². The Morgan fingerprint density at radius 2 is 1.40 bits per heavy atom. The highest BCUT2D eigenvalue weighted by atomic mass is 16.3. The Balaban J connectivity index is 3.31. The summed E-state index contributed by atoms with van der Waals surface area (Å²) in [7, 11) is 0. The maximum atomic E-state index is 8.87. The van der Waals surface area contributed by atoms with Gasteiger partial charge >= 0.3 is 0 Å². The number of phenolic OH excluding ortho intramolecular Hbond substituents is 3. The minimum atomic E-state index is -0.467. The van der Waals surface area contributed by atoms with Gasteiger partial charge in [-0.3, -0.25) is 0 Å². The first-order valence-corrected chi connectivity index (χ1v) is 2.83. The molecule has 1 aromatic rings. The second-order valence-electron chi connectivity index (χ2n) is 2.15. The van der Waals surface area contributed by atoms with Crippen molar-refractivity contribution in [3.05, 3.63) is 17.7 Å². The average molecular weight is 140 g/mol. The van der Waals surface area contributed by atoms with Crippen molar-refractivity contribution in [2.75, 3.05) is 0 Å². The fourth-order valence-corrected chi connectivity index (χ4v) is 0.741. The largest absolute Gasteiger partial charge is 0.504 e. The lowest BCUT2D eigenvalue weighted by Crippen LogP contribution is -1.74. The van der Waals surface area contributed by atoms with Crippen LogP contribution in [0.5, 0.6) is 17.2 Å². The molecule has 0 aromatic heterocycles. The van der Waals surface area contributed by atoms with Gasteiger partial charge in [-0.25, -0.2) is 0 Å². The van der Waals surface area contributed by atoms with Gasteiger partial charge in [0, 0.05) is 0 Å². The molecule has 0 aliphatic rings. The Morgan fingerprint density at radius 1 is 1.00 bits per heavy atom. The fourth-order valence-electron chi connectivity index (χ4n) is 0.741. The maximum Gasteiger partial charge on any atom is 0.200 e. The minimum absolute atomic E-state index is 0.294. The van der Waals surface area contributed by atoms with E-state index in [0.717, 1.165) is 0 Å². The second-order valence-corrected chi connectivity index (χ2v) is 2.15. The van der Waals surface area contributed by atoms with Crippen molar-refractivity contribution in [3.8, 4) is 17.2 Å². The predicted octanol–water partition coefficient (Wildman–Crippen LogP) is 1.11.